The highest BCUT2D eigenvalue weighted by Crippen LogP contribution is 2.21. The SMILES string of the molecule is C#CC=O.C=CC=O.CC(=O)OC[C@@H](O)[C@@H](OC(C)=O)[C@H](OC(C)=O)[C@H](C=O)OC(C)=O.CC=O.CCCCCCCCCCCCCC=O.CCCCCCCCCCCCCCCC=O.CCCCCCCCCCCCCCCCCC=O.CO.O=CO.O=C[C@H]1O[C@@H](O)[C@H](O)[C@@H](O)[C@@H]1O.O=Cc1ccccc1. The Hall–Kier alpha value is -7.38. The van der Waals surface area contributed by atoms with Crippen molar-refractivity contribution < 1.29 is 127 Å². The molecule has 111 heavy (non-hydrogen) atoms. The van der Waals surface area contributed by atoms with Crippen molar-refractivity contribution >= 4 is 86.9 Å². The lowest BCUT2D eigenvalue weighted by Crippen LogP contribution is -2.57. The number of aldehydes is 9. The lowest BCUT2D eigenvalue weighted by Gasteiger charge is -2.35. The Balaban J connectivity index is -0.000000157. The lowest BCUT2D eigenvalue weighted by molar-refractivity contribution is -0.272. The van der Waals surface area contributed by atoms with Crippen LogP contribution in [0, 0.1) is 12.3 Å². The number of unbranched alkanes of at least 4 members (excludes halogenated alkanes) is 39. The molecule has 26 nitrogen and oxygen atoms in total. The highest BCUT2D eigenvalue weighted by atomic mass is 16.6. The molecule has 0 aromatic heterocycles. The Bertz CT molecular complexity index is 2290. The molecule has 0 aliphatic carbocycles. The third kappa shape index (κ3) is 105. The molecule has 2 rings (SSSR count). The van der Waals surface area contributed by atoms with Crippen molar-refractivity contribution in [1.82, 2.24) is 0 Å². The van der Waals surface area contributed by atoms with E-state index < -0.39 is 85.6 Å². The van der Waals surface area contributed by atoms with Gasteiger partial charge < -0.3 is 83.4 Å². The van der Waals surface area contributed by atoms with Gasteiger partial charge in [0.1, 0.15) is 74.8 Å². The van der Waals surface area contributed by atoms with Crippen molar-refractivity contribution in [2.75, 3.05) is 13.7 Å². The first kappa shape index (κ1) is 122. The van der Waals surface area contributed by atoms with Crippen molar-refractivity contribution in [2.45, 2.75) is 380 Å². The van der Waals surface area contributed by atoms with Crippen LogP contribution in [0.1, 0.15) is 335 Å². The van der Waals surface area contributed by atoms with Crippen LogP contribution in [0.2, 0.25) is 0 Å². The summed E-state index contributed by atoms with van der Waals surface area (Å²) in [7, 11) is 1.00. The van der Waals surface area contributed by atoms with Crippen LogP contribution in [0.5, 0.6) is 0 Å². The minimum Gasteiger partial charge on any atom is -0.483 e. The van der Waals surface area contributed by atoms with Crippen molar-refractivity contribution in [1.29, 1.82) is 0 Å². The van der Waals surface area contributed by atoms with Crippen LogP contribution in [0.15, 0.2) is 43.0 Å². The molecule has 1 aromatic rings. The molecule has 0 radical (unpaired) electrons. The minimum atomic E-state index is -1.64. The smallest absolute Gasteiger partial charge is 0.303 e. The summed E-state index contributed by atoms with van der Waals surface area (Å²) in [4.78, 5) is 141. The molecular formula is C85H148O26. The summed E-state index contributed by atoms with van der Waals surface area (Å²) in [6.45, 7) is 14.6. The topological polar surface area (TPSA) is 427 Å². The van der Waals surface area contributed by atoms with Gasteiger partial charge in [-0.3, -0.25) is 43.2 Å². The summed E-state index contributed by atoms with van der Waals surface area (Å²) in [5.74, 6) is -1.57. The van der Waals surface area contributed by atoms with Crippen LogP contribution in [0.3, 0.4) is 0 Å². The second-order valence-electron chi connectivity index (χ2n) is 25.4. The van der Waals surface area contributed by atoms with Gasteiger partial charge in [0.25, 0.3) is 6.47 Å². The number of aliphatic hydroxyl groups is 6. The number of hydrogen-bond donors (Lipinski definition) is 7. The molecule has 1 fully saturated rings. The van der Waals surface area contributed by atoms with Crippen LogP contribution in [-0.2, 0) is 86.0 Å². The maximum absolute atomic E-state index is 11.3. The van der Waals surface area contributed by atoms with Gasteiger partial charge in [-0.25, -0.2) is 0 Å². The van der Waals surface area contributed by atoms with Gasteiger partial charge in [0.2, 0.25) is 0 Å². The standard InChI is InChI=1S/C18H36O.C16H32O.C14H20O10.C14H28O.C7H6O.C6H10O6.C3H4O.C3H2O.C2H4O.CH2O2.CH4O/c1-2-3-4-5-6-7-8-9-10-11-12-13-14-15-16-17-18-19;1-2-3-4-5-6-7-8-9-10-11-12-13-14-15-16-17;1-7(16)21-6-11(20)13(23-9(3)18)14(24-10(4)19)12(5-15)22-8(2)17;1-2-3-4-5-6-7-8-9-10-11-12-13-14-15;8-6-7-4-2-1-3-5-7;7-1-2-3(8)4(9)5(10)6(11)12-2;2*1-2-3-4;1-2-3;2-1-3;1-2/h18H,2-17H2,1H3;16H,2-15H2,1H3;5,11-14,20H,6H2,1-4H3;14H,2-13H2,1H3;1-6H;1-6,8-11H;2-3H,1H2;1,3H;2H,1H3;1H,(H,2,3);2H,1H3/t;;11-,12+,13-,14-;;;2-,3-,4+,5-,6-;;;;;/m..1..1...../s1. The van der Waals surface area contributed by atoms with E-state index in [9.17, 15) is 53.1 Å². The minimum absolute atomic E-state index is 0.157. The van der Waals surface area contributed by atoms with E-state index in [1.54, 1.807) is 18.1 Å². The van der Waals surface area contributed by atoms with Gasteiger partial charge in [0, 0.05) is 59.6 Å². The number of benzene rings is 1. The van der Waals surface area contributed by atoms with E-state index in [4.69, 9.17) is 64.0 Å². The first-order chi connectivity index (χ1) is 53.5. The number of terminal acetylenes is 1. The van der Waals surface area contributed by atoms with Gasteiger partial charge >= 0.3 is 23.9 Å². The second-order valence-corrected chi connectivity index (χ2v) is 25.4. The van der Waals surface area contributed by atoms with Crippen LogP contribution >= 0.6 is 0 Å². The Morgan fingerprint density at radius 1 is 0.477 bits per heavy atom. The largest absolute Gasteiger partial charge is 0.483 e. The molecule has 0 spiro atoms. The van der Waals surface area contributed by atoms with E-state index >= 15 is 0 Å². The van der Waals surface area contributed by atoms with Crippen molar-refractivity contribution in [3.05, 3.63) is 48.6 Å². The molecule has 1 aliphatic heterocycles. The summed E-state index contributed by atoms with van der Waals surface area (Å²) in [5, 5.41) is 59.8. The van der Waals surface area contributed by atoms with Crippen molar-refractivity contribution in [2.24, 2.45) is 0 Å². The van der Waals surface area contributed by atoms with Gasteiger partial charge in [-0.1, -0.05) is 289 Å². The highest BCUT2D eigenvalue weighted by molar-refractivity contribution is 5.74. The van der Waals surface area contributed by atoms with Gasteiger partial charge in [-0.15, -0.1) is 6.42 Å². The molecule has 0 unspecified atom stereocenters. The van der Waals surface area contributed by atoms with E-state index in [-0.39, 0.29) is 19.0 Å². The lowest BCUT2D eigenvalue weighted by atomic mass is 10.00. The maximum atomic E-state index is 11.3. The number of carbonyl (C=O) groups excluding carboxylic acids is 13. The zero-order valence-corrected chi connectivity index (χ0v) is 69.0. The molecule has 644 valence electrons. The number of rotatable bonds is 54. The number of hydrogen-bond acceptors (Lipinski definition) is 25. The molecule has 0 saturated carbocycles. The Labute approximate surface area is 665 Å². The third-order valence-corrected chi connectivity index (χ3v) is 15.7. The van der Waals surface area contributed by atoms with Gasteiger partial charge in [0.15, 0.2) is 43.5 Å². The molecule has 9 atom stereocenters. The molecular weight excluding hydrogens is 1440 g/mol. The summed E-state index contributed by atoms with van der Waals surface area (Å²) in [6.07, 6.45) is 53.4. The van der Waals surface area contributed by atoms with E-state index in [2.05, 4.69) is 43.2 Å². The number of carboxylic acid groups (broad SMARTS) is 1. The number of aliphatic hydroxyl groups excluding tert-OH is 6. The van der Waals surface area contributed by atoms with Crippen LogP contribution in [-0.4, -0.2) is 192 Å². The fourth-order valence-electron chi connectivity index (χ4n) is 10.00. The first-order valence-electron chi connectivity index (χ1n) is 39.8. The van der Waals surface area contributed by atoms with Crippen molar-refractivity contribution in [3.63, 3.8) is 0 Å². The normalized spacial score (nSPS) is 14.7. The molecule has 7 N–H and O–H groups in total. The van der Waals surface area contributed by atoms with Crippen molar-refractivity contribution in [3.8, 4) is 12.3 Å². The predicted molar refractivity (Wildman–Crippen MR) is 431 cm³/mol. The number of esters is 4. The summed E-state index contributed by atoms with van der Waals surface area (Å²) >= 11 is 0. The summed E-state index contributed by atoms with van der Waals surface area (Å²) < 4.78 is 23.5. The Morgan fingerprint density at radius 3 is 0.973 bits per heavy atom. The number of allylic oxidation sites excluding steroid dienone is 1. The highest BCUT2D eigenvalue weighted by Gasteiger charge is 2.43. The third-order valence-electron chi connectivity index (χ3n) is 15.7. The van der Waals surface area contributed by atoms with Crippen LogP contribution in [0.4, 0.5) is 0 Å². The Morgan fingerprint density at radius 2 is 0.757 bits per heavy atom. The molecule has 1 heterocycles. The van der Waals surface area contributed by atoms with Gasteiger partial charge in [0.05, 0.1) is 0 Å². The van der Waals surface area contributed by atoms with Gasteiger partial charge in [-0.05, 0) is 38.2 Å². The zero-order valence-electron chi connectivity index (χ0n) is 69.0. The van der Waals surface area contributed by atoms with E-state index in [1.165, 1.54) is 244 Å². The molecule has 1 aliphatic rings. The van der Waals surface area contributed by atoms with E-state index in [0.29, 0.717) is 12.6 Å². The fourth-order valence-corrected chi connectivity index (χ4v) is 10.00. The molecule has 1 aromatic carbocycles. The fraction of sp³-hybridized carbons (Fsp3) is 0.718. The molecule has 0 amide bonds. The molecule has 26 heteroatoms. The van der Waals surface area contributed by atoms with E-state index in [1.807, 2.05) is 18.2 Å². The molecule has 0 bridgehead atoms. The quantitative estimate of drug-likeness (QED) is 0.00795. The summed E-state index contributed by atoms with van der Waals surface area (Å²) in [6, 6.07) is 9.10. The average molecular weight is 1590 g/mol. The average Bonchev–Trinajstić information content (AvgIpc) is 0.843. The van der Waals surface area contributed by atoms with E-state index in [0.717, 1.165) is 110 Å². The predicted octanol–water partition coefficient (Wildman–Crippen LogP) is 14.1. The number of carbonyl (C=O) groups is 14. The van der Waals surface area contributed by atoms with Crippen LogP contribution in [0.25, 0.3) is 0 Å². The number of ether oxygens (including phenoxy) is 5. The Kier molecular flexibility index (Phi) is 117. The maximum Gasteiger partial charge on any atom is 0.303 e. The summed E-state index contributed by atoms with van der Waals surface area (Å²) in [5.41, 5.74) is 0.729. The van der Waals surface area contributed by atoms with Crippen LogP contribution < -0.4 is 0 Å². The molecule has 1 saturated heterocycles. The zero-order chi connectivity index (χ0) is 86.0. The first-order valence-corrected chi connectivity index (χ1v) is 39.8. The monoisotopic (exact) mass is 1590 g/mol. The van der Waals surface area contributed by atoms with Gasteiger partial charge in [-0.2, -0.15) is 0 Å². The second kappa shape index (κ2) is 107.